The third kappa shape index (κ3) is 4.63. The maximum absolute atomic E-state index is 11.5. The van der Waals surface area contributed by atoms with Gasteiger partial charge in [0.25, 0.3) is 0 Å². The van der Waals surface area contributed by atoms with E-state index < -0.39 is 9.84 Å². The van der Waals surface area contributed by atoms with Crippen molar-refractivity contribution in [2.45, 2.75) is 43.4 Å². The Kier molecular flexibility index (Phi) is 5.39. The highest BCUT2D eigenvalue weighted by Crippen LogP contribution is 2.24. The normalized spacial score (nSPS) is 24.8. The number of rotatable bonds is 6. The summed E-state index contributed by atoms with van der Waals surface area (Å²) in [5.74, 6) is -0.224. The van der Waals surface area contributed by atoms with Crippen molar-refractivity contribution < 1.29 is 17.9 Å². The van der Waals surface area contributed by atoms with Crippen LogP contribution in [0.1, 0.15) is 32.1 Å². The molecule has 5 nitrogen and oxygen atoms in total. The highest BCUT2D eigenvalue weighted by molar-refractivity contribution is 7.91. The summed E-state index contributed by atoms with van der Waals surface area (Å²) >= 11 is 0. The van der Waals surface area contributed by atoms with E-state index in [9.17, 15) is 13.2 Å². The lowest BCUT2D eigenvalue weighted by molar-refractivity contribution is -0.140. The Bertz CT molecular complexity index is 352. The van der Waals surface area contributed by atoms with Crippen LogP contribution in [-0.4, -0.2) is 45.6 Å². The molecule has 6 heteroatoms. The summed E-state index contributed by atoms with van der Waals surface area (Å²) in [7, 11) is -1.60. The van der Waals surface area contributed by atoms with Gasteiger partial charge in [0.15, 0.2) is 9.84 Å². The fourth-order valence-electron chi connectivity index (χ4n) is 2.29. The minimum Gasteiger partial charge on any atom is -0.469 e. The van der Waals surface area contributed by atoms with Crippen LogP contribution in [0.5, 0.6) is 0 Å². The van der Waals surface area contributed by atoms with Gasteiger partial charge in [0.1, 0.15) is 0 Å². The van der Waals surface area contributed by atoms with Gasteiger partial charge in [0.2, 0.25) is 0 Å². The zero-order chi connectivity index (χ0) is 12.9. The third-order valence-electron chi connectivity index (χ3n) is 3.19. The van der Waals surface area contributed by atoms with E-state index in [0.29, 0.717) is 19.4 Å². The van der Waals surface area contributed by atoms with Crippen molar-refractivity contribution in [1.82, 2.24) is 5.32 Å². The SMILES string of the molecule is COC(=O)CCCNC1CCCC1S(C)(=O)=O. The van der Waals surface area contributed by atoms with E-state index in [1.54, 1.807) is 0 Å². The van der Waals surface area contributed by atoms with Crippen LogP contribution in [0.25, 0.3) is 0 Å². The molecule has 0 spiro atoms. The molecule has 0 aromatic carbocycles. The summed E-state index contributed by atoms with van der Waals surface area (Å²) in [5, 5.41) is 2.97. The van der Waals surface area contributed by atoms with E-state index in [2.05, 4.69) is 10.1 Å². The summed E-state index contributed by atoms with van der Waals surface area (Å²) in [6.07, 6.45) is 4.95. The Morgan fingerprint density at radius 3 is 2.71 bits per heavy atom. The second kappa shape index (κ2) is 6.35. The largest absolute Gasteiger partial charge is 0.469 e. The first-order valence-corrected chi connectivity index (χ1v) is 7.89. The Labute approximate surface area is 103 Å². The fourth-order valence-corrected chi connectivity index (χ4v) is 3.72. The number of carbonyl (C=O) groups excluding carboxylic acids is 1. The second-order valence-corrected chi connectivity index (χ2v) is 6.80. The first-order valence-electron chi connectivity index (χ1n) is 5.94. The second-order valence-electron chi connectivity index (χ2n) is 4.54. The van der Waals surface area contributed by atoms with Gasteiger partial charge in [-0.15, -0.1) is 0 Å². The number of ether oxygens (including phenoxy) is 1. The first-order chi connectivity index (χ1) is 7.95. The topological polar surface area (TPSA) is 72.5 Å². The summed E-state index contributed by atoms with van der Waals surface area (Å²) < 4.78 is 27.6. The molecule has 1 aliphatic rings. The fraction of sp³-hybridized carbons (Fsp3) is 0.909. The molecular formula is C11H21NO4S. The predicted molar refractivity (Wildman–Crippen MR) is 65.5 cm³/mol. The molecule has 1 saturated carbocycles. The molecule has 1 N–H and O–H groups in total. The summed E-state index contributed by atoms with van der Waals surface area (Å²) in [5.41, 5.74) is 0. The Hall–Kier alpha value is -0.620. The van der Waals surface area contributed by atoms with Gasteiger partial charge in [-0.1, -0.05) is 6.42 Å². The molecule has 0 saturated heterocycles. The van der Waals surface area contributed by atoms with E-state index in [1.807, 2.05) is 0 Å². The Morgan fingerprint density at radius 2 is 2.12 bits per heavy atom. The molecule has 0 bridgehead atoms. The molecule has 1 aliphatic carbocycles. The number of hydrogen-bond donors (Lipinski definition) is 1. The van der Waals surface area contributed by atoms with Crippen LogP contribution < -0.4 is 5.32 Å². The molecule has 100 valence electrons. The van der Waals surface area contributed by atoms with Crippen LogP contribution in [0, 0.1) is 0 Å². The number of methoxy groups -OCH3 is 1. The maximum atomic E-state index is 11.5. The number of nitrogens with one attached hydrogen (secondary N) is 1. The smallest absolute Gasteiger partial charge is 0.305 e. The van der Waals surface area contributed by atoms with Crippen molar-refractivity contribution in [2.24, 2.45) is 0 Å². The molecule has 2 atom stereocenters. The molecule has 2 unspecified atom stereocenters. The lowest BCUT2D eigenvalue weighted by atomic mass is 10.2. The zero-order valence-corrected chi connectivity index (χ0v) is 11.3. The highest BCUT2D eigenvalue weighted by Gasteiger charge is 2.34. The summed E-state index contributed by atoms with van der Waals surface area (Å²) in [4.78, 5) is 10.9. The van der Waals surface area contributed by atoms with E-state index in [4.69, 9.17) is 0 Å². The van der Waals surface area contributed by atoms with Gasteiger partial charge in [-0.2, -0.15) is 0 Å². The van der Waals surface area contributed by atoms with Gasteiger partial charge < -0.3 is 10.1 Å². The van der Waals surface area contributed by atoms with E-state index >= 15 is 0 Å². The number of carbonyl (C=O) groups is 1. The molecule has 0 radical (unpaired) electrons. The van der Waals surface area contributed by atoms with Crippen LogP contribution >= 0.6 is 0 Å². The summed E-state index contributed by atoms with van der Waals surface area (Å²) in [6.45, 7) is 0.659. The Balaban J connectivity index is 2.29. The highest BCUT2D eigenvalue weighted by atomic mass is 32.2. The van der Waals surface area contributed by atoms with Crippen molar-refractivity contribution in [3.8, 4) is 0 Å². The lowest BCUT2D eigenvalue weighted by Gasteiger charge is -2.19. The van der Waals surface area contributed by atoms with Gasteiger partial charge >= 0.3 is 5.97 Å². The zero-order valence-electron chi connectivity index (χ0n) is 10.4. The van der Waals surface area contributed by atoms with Crippen molar-refractivity contribution >= 4 is 15.8 Å². The number of sulfone groups is 1. The minimum atomic E-state index is -2.96. The average Bonchev–Trinajstić information content (AvgIpc) is 2.71. The molecule has 0 aromatic rings. The van der Waals surface area contributed by atoms with Gasteiger partial charge in [-0.3, -0.25) is 4.79 Å². The number of hydrogen-bond acceptors (Lipinski definition) is 5. The molecule has 0 heterocycles. The quantitative estimate of drug-likeness (QED) is 0.558. The standard InChI is InChI=1S/C11H21NO4S/c1-16-11(13)7-4-8-12-9-5-3-6-10(9)17(2,14)15/h9-10,12H,3-8H2,1-2H3. The van der Waals surface area contributed by atoms with Crippen LogP contribution in [-0.2, 0) is 19.4 Å². The van der Waals surface area contributed by atoms with Crippen LogP contribution in [0.4, 0.5) is 0 Å². The third-order valence-corrected chi connectivity index (χ3v) is 4.86. The molecule has 1 fully saturated rings. The molecular weight excluding hydrogens is 242 g/mol. The van der Waals surface area contributed by atoms with Crippen LogP contribution in [0.3, 0.4) is 0 Å². The van der Waals surface area contributed by atoms with Crippen molar-refractivity contribution in [3.05, 3.63) is 0 Å². The van der Waals surface area contributed by atoms with Gasteiger partial charge in [0, 0.05) is 18.7 Å². The van der Waals surface area contributed by atoms with Crippen molar-refractivity contribution in [1.29, 1.82) is 0 Å². The average molecular weight is 263 g/mol. The first kappa shape index (κ1) is 14.4. The van der Waals surface area contributed by atoms with Gasteiger partial charge in [-0.25, -0.2) is 8.42 Å². The number of esters is 1. The monoisotopic (exact) mass is 263 g/mol. The molecule has 17 heavy (non-hydrogen) atoms. The lowest BCUT2D eigenvalue weighted by Crippen LogP contribution is -2.40. The molecule has 0 amide bonds. The Morgan fingerprint density at radius 1 is 1.41 bits per heavy atom. The minimum absolute atomic E-state index is 0.0441. The maximum Gasteiger partial charge on any atom is 0.305 e. The molecule has 0 aliphatic heterocycles. The van der Waals surface area contributed by atoms with Gasteiger partial charge in [-0.05, 0) is 25.8 Å². The van der Waals surface area contributed by atoms with Crippen molar-refractivity contribution in [2.75, 3.05) is 19.9 Å². The van der Waals surface area contributed by atoms with E-state index in [0.717, 1.165) is 19.3 Å². The van der Waals surface area contributed by atoms with Crippen LogP contribution in [0.15, 0.2) is 0 Å². The van der Waals surface area contributed by atoms with Gasteiger partial charge in [0.05, 0.1) is 12.4 Å². The molecule has 1 rings (SSSR count). The van der Waals surface area contributed by atoms with E-state index in [-0.39, 0.29) is 17.3 Å². The van der Waals surface area contributed by atoms with E-state index in [1.165, 1.54) is 13.4 Å². The predicted octanol–water partition coefficient (Wildman–Crippen LogP) is 0.495. The van der Waals surface area contributed by atoms with Crippen LogP contribution in [0.2, 0.25) is 0 Å². The van der Waals surface area contributed by atoms with Crippen molar-refractivity contribution in [3.63, 3.8) is 0 Å². The molecule has 0 aromatic heterocycles. The summed E-state index contributed by atoms with van der Waals surface area (Å²) in [6, 6.07) is 0.0441.